The number of esters is 1. The summed E-state index contributed by atoms with van der Waals surface area (Å²) >= 11 is 0. The molecule has 0 fully saturated rings. The Morgan fingerprint density at radius 2 is 0.671 bits per heavy atom. The van der Waals surface area contributed by atoms with Crippen molar-refractivity contribution in [1.82, 2.24) is 5.32 Å². The summed E-state index contributed by atoms with van der Waals surface area (Å²) in [5, 5.41) is 23.4. The predicted octanol–water partition coefficient (Wildman–Crippen LogP) is 22.1. The van der Waals surface area contributed by atoms with Crippen molar-refractivity contribution in [2.75, 3.05) is 13.2 Å². The fourth-order valence-corrected chi connectivity index (χ4v) is 11.0. The molecule has 6 nitrogen and oxygen atoms in total. The van der Waals surface area contributed by atoms with Gasteiger partial charge in [-0.3, -0.25) is 9.59 Å². The zero-order chi connectivity index (χ0) is 55.0. The lowest BCUT2D eigenvalue weighted by molar-refractivity contribution is -0.143. The first-order chi connectivity index (χ1) is 37.5. The second kappa shape index (κ2) is 65.9. The van der Waals surface area contributed by atoms with Gasteiger partial charge < -0.3 is 20.3 Å². The van der Waals surface area contributed by atoms with Gasteiger partial charge in [-0.2, -0.15) is 0 Å². The maximum absolute atomic E-state index is 12.5. The molecule has 3 N–H and O–H groups in total. The second-order valence-electron chi connectivity index (χ2n) is 23.9. The van der Waals surface area contributed by atoms with Crippen LogP contribution in [-0.2, 0) is 14.3 Å². The van der Waals surface area contributed by atoms with Crippen LogP contribution in [0.5, 0.6) is 0 Å². The molecule has 2 atom stereocenters. The minimum Gasteiger partial charge on any atom is -0.466 e. The fraction of sp³-hybridized carbons (Fsp3) is 0.914. The third-order valence-electron chi connectivity index (χ3n) is 16.3. The third kappa shape index (κ3) is 61.6. The van der Waals surface area contributed by atoms with E-state index < -0.39 is 12.1 Å². The molecule has 1 amide bonds. The molecule has 0 radical (unpaired) electrons. The number of nitrogens with one attached hydrogen (secondary N) is 1. The highest BCUT2D eigenvalue weighted by Gasteiger charge is 2.20. The van der Waals surface area contributed by atoms with Crippen molar-refractivity contribution in [2.24, 2.45) is 0 Å². The lowest BCUT2D eigenvalue weighted by Crippen LogP contribution is -2.45. The van der Waals surface area contributed by atoms with Crippen LogP contribution in [0.25, 0.3) is 0 Å². The molecule has 0 aliphatic carbocycles. The first kappa shape index (κ1) is 74.3. The second-order valence-corrected chi connectivity index (χ2v) is 23.9. The predicted molar refractivity (Wildman–Crippen MR) is 333 cm³/mol. The third-order valence-corrected chi connectivity index (χ3v) is 16.3. The molecule has 0 heterocycles. The van der Waals surface area contributed by atoms with Crippen molar-refractivity contribution in [1.29, 1.82) is 0 Å². The summed E-state index contributed by atoms with van der Waals surface area (Å²) < 4.78 is 5.48. The number of carbonyl (C=O) groups is 2. The van der Waals surface area contributed by atoms with Crippen LogP contribution in [-0.4, -0.2) is 47.4 Å². The van der Waals surface area contributed by atoms with E-state index in [-0.39, 0.29) is 18.5 Å². The van der Waals surface area contributed by atoms with Gasteiger partial charge in [0, 0.05) is 12.8 Å². The molecule has 0 bridgehead atoms. The number of carbonyl (C=O) groups excluding carboxylic acids is 2. The molecule has 76 heavy (non-hydrogen) atoms. The minimum absolute atomic E-state index is 0.00472. The highest BCUT2D eigenvalue weighted by atomic mass is 16.5. The average molecular weight is 1070 g/mol. The number of unbranched alkanes of at least 4 members (excludes halogenated alkanes) is 50. The summed E-state index contributed by atoms with van der Waals surface area (Å²) in [5.74, 6) is -0.0237. The fourth-order valence-electron chi connectivity index (χ4n) is 11.0. The van der Waals surface area contributed by atoms with Gasteiger partial charge in [0.05, 0.1) is 25.4 Å². The van der Waals surface area contributed by atoms with Gasteiger partial charge in [0.2, 0.25) is 5.91 Å². The lowest BCUT2D eigenvalue weighted by atomic mass is 10.0. The molecular formula is C70H135NO5. The van der Waals surface area contributed by atoms with Gasteiger partial charge in [0.1, 0.15) is 0 Å². The van der Waals surface area contributed by atoms with Gasteiger partial charge >= 0.3 is 5.97 Å². The van der Waals surface area contributed by atoms with Gasteiger partial charge in [0.15, 0.2) is 0 Å². The number of hydrogen-bond donors (Lipinski definition) is 3. The summed E-state index contributed by atoms with van der Waals surface area (Å²) in [6.07, 6.45) is 82.2. The zero-order valence-corrected chi connectivity index (χ0v) is 51.5. The van der Waals surface area contributed by atoms with Crippen LogP contribution in [0.2, 0.25) is 0 Å². The molecule has 0 aliphatic heterocycles. The van der Waals surface area contributed by atoms with Crippen LogP contribution in [0.3, 0.4) is 0 Å². The normalized spacial score (nSPS) is 12.6. The van der Waals surface area contributed by atoms with Crippen molar-refractivity contribution in [3.8, 4) is 0 Å². The Labute approximate surface area is 475 Å². The van der Waals surface area contributed by atoms with Crippen molar-refractivity contribution >= 4 is 11.9 Å². The van der Waals surface area contributed by atoms with Crippen LogP contribution in [0.15, 0.2) is 24.3 Å². The van der Waals surface area contributed by atoms with Gasteiger partial charge in [-0.1, -0.05) is 346 Å². The standard InChI is InChI=1S/C70H135NO5/c1-3-5-7-9-11-13-15-17-19-32-35-38-42-46-50-54-58-62-68(73)67(66-72)71-69(74)63-59-55-51-47-43-39-36-33-30-28-26-24-22-20-21-23-25-27-29-31-34-37-41-45-49-53-57-61-65-76-70(75)64-60-56-52-48-44-40-18-16-14-12-10-8-6-4-2/h10,12,16,18,67-68,72-73H,3-9,11,13-15,17,19-66H2,1-2H3,(H,71,74)/b12-10-,18-16-. The van der Waals surface area contributed by atoms with E-state index in [0.717, 1.165) is 51.4 Å². The number of aliphatic hydroxyl groups excluding tert-OH is 2. The molecule has 450 valence electrons. The van der Waals surface area contributed by atoms with Crippen LogP contribution in [0.4, 0.5) is 0 Å². The van der Waals surface area contributed by atoms with Gasteiger partial charge in [-0.25, -0.2) is 0 Å². The van der Waals surface area contributed by atoms with E-state index in [1.165, 1.54) is 302 Å². The number of aliphatic hydroxyl groups is 2. The smallest absolute Gasteiger partial charge is 0.305 e. The average Bonchev–Trinajstić information content (AvgIpc) is 3.42. The molecule has 2 unspecified atom stereocenters. The summed E-state index contributed by atoms with van der Waals surface area (Å²) in [4.78, 5) is 24.6. The number of hydrogen-bond acceptors (Lipinski definition) is 5. The Morgan fingerprint density at radius 3 is 1.04 bits per heavy atom. The van der Waals surface area contributed by atoms with Crippen LogP contribution in [0.1, 0.15) is 386 Å². The molecule has 0 spiro atoms. The molecule has 0 aromatic rings. The highest BCUT2D eigenvalue weighted by Crippen LogP contribution is 2.19. The van der Waals surface area contributed by atoms with E-state index >= 15 is 0 Å². The number of rotatable bonds is 65. The molecule has 6 heteroatoms. The SMILES string of the molecule is CCCC/C=C\C/C=C\CCCCCCCC(=O)OCCCCCCCCCCCCCCCCCCCCCCCCCCCCCCC(=O)NC(CO)C(O)CCCCCCCCCCCCCCCCCCC. The first-order valence-corrected chi connectivity index (χ1v) is 34.6. The summed E-state index contributed by atoms with van der Waals surface area (Å²) in [6, 6.07) is -0.539. The largest absolute Gasteiger partial charge is 0.466 e. The number of allylic oxidation sites excluding steroid dienone is 4. The molecule has 0 saturated heterocycles. The van der Waals surface area contributed by atoms with E-state index in [0.29, 0.717) is 25.9 Å². The van der Waals surface area contributed by atoms with Crippen molar-refractivity contribution in [3.63, 3.8) is 0 Å². The Morgan fingerprint density at radius 1 is 0.368 bits per heavy atom. The molecule has 0 saturated carbocycles. The Hall–Kier alpha value is -1.66. The van der Waals surface area contributed by atoms with E-state index in [2.05, 4.69) is 43.5 Å². The summed E-state index contributed by atoms with van der Waals surface area (Å²) in [7, 11) is 0. The summed E-state index contributed by atoms with van der Waals surface area (Å²) in [6.45, 7) is 4.94. The van der Waals surface area contributed by atoms with E-state index in [1.54, 1.807) is 0 Å². The topological polar surface area (TPSA) is 95.9 Å². The lowest BCUT2D eigenvalue weighted by Gasteiger charge is -2.22. The highest BCUT2D eigenvalue weighted by molar-refractivity contribution is 5.76. The Balaban J connectivity index is 3.34. The molecule has 0 aromatic heterocycles. The van der Waals surface area contributed by atoms with Crippen molar-refractivity contribution in [2.45, 2.75) is 398 Å². The van der Waals surface area contributed by atoms with E-state index in [1.807, 2.05) is 0 Å². The minimum atomic E-state index is -0.662. The number of ether oxygens (including phenoxy) is 1. The summed E-state index contributed by atoms with van der Waals surface area (Å²) in [5.41, 5.74) is 0. The maximum Gasteiger partial charge on any atom is 0.305 e. The first-order valence-electron chi connectivity index (χ1n) is 34.6. The van der Waals surface area contributed by atoms with Crippen molar-refractivity contribution in [3.05, 3.63) is 24.3 Å². The quantitative estimate of drug-likeness (QED) is 0.0320. The monoisotopic (exact) mass is 1070 g/mol. The van der Waals surface area contributed by atoms with Gasteiger partial charge in [-0.05, 0) is 51.4 Å². The van der Waals surface area contributed by atoms with E-state index in [9.17, 15) is 19.8 Å². The van der Waals surface area contributed by atoms with Crippen LogP contribution in [0, 0.1) is 0 Å². The maximum atomic E-state index is 12.5. The molecule has 0 aliphatic rings. The molecule has 0 rings (SSSR count). The Bertz CT molecular complexity index is 1190. The van der Waals surface area contributed by atoms with Crippen LogP contribution < -0.4 is 5.32 Å². The van der Waals surface area contributed by atoms with Gasteiger partial charge in [-0.15, -0.1) is 0 Å². The zero-order valence-electron chi connectivity index (χ0n) is 51.5. The Kier molecular flexibility index (Phi) is 64.4. The molecule has 0 aromatic carbocycles. The number of amides is 1. The molecular weight excluding hydrogens is 935 g/mol. The van der Waals surface area contributed by atoms with Crippen molar-refractivity contribution < 1.29 is 24.5 Å². The van der Waals surface area contributed by atoms with E-state index in [4.69, 9.17) is 4.74 Å². The van der Waals surface area contributed by atoms with Gasteiger partial charge in [0.25, 0.3) is 0 Å². The van der Waals surface area contributed by atoms with Crippen LogP contribution >= 0.6 is 0 Å².